The monoisotopic (exact) mass is 177 g/mol. The lowest BCUT2D eigenvalue weighted by Crippen LogP contribution is -1.76. The maximum absolute atomic E-state index is 8.26. The highest BCUT2D eigenvalue weighted by Gasteiger charge is 1.86. The molecule has 0 N–H and O–H groups in total. The average Bonchev–Trinajstić information content (AvgIpc) is 2.16. The van der Waals surface area contributed by atoms with Crippen LogP contribution in [0, 0.1) is 11.3 Å². The van der Waals surface area contributed by atoms with E-state index in [1.165, 1.54) is 25.7 Å². The molecule has 13 heavy (non-hydrogen) atoms. The first-order valence-corrected chi connectivity index (χ1v) is 5.04. The second kappa shape index (κ2) is 11.0. The van der Waals surface area contributed by atoms with Crippen LogP contribution in [0.5, 0.6) is 0 Å². The van der Waals surface area contributed by atoms with Crippen LogP contribution in [0.15, 0.2) is 24.8 Å². The summed E-state index contributed by atoms with van der Waals surface area (Å²) < 4.78 is 0. The van der Waals surface area contributed by atoms with Crippen molar-refractivity contribution in [3.63, 3.8) is 0 Å². The van der Waals surface area contributed by atoms with E-state index in [1.54, 1.807) is 0 Å². The van der Waals surface area contributed by atoms with Gasteiger partial charge in [-0.05, 0) is 25.7 Å². The lowest BCUT2D eigenvalue weighted by molar-refractivity contribution is 0.652. The minimum Gasteiger partial charge on any atom is -0.198 e. The molecular weight excluding hydrogens is 158 g/mol. The standard InChI is InChI=1S/C12H19N/c1-2-3-4-5-6-7-8-9-10-11-12-13/h2,9-10H,1,3-8,11H2. The first kappa shape index (κ1) is 12.0. The summed E-state index contributed by atoms with van der Waals surface area (Å²) in [5.74, 6) is 0. The molecule has 0 aliphatic heterocycles. The second-order valence-electron chi connectivity index (χ2n) is 3.11. The molecule has 0 aromatic heterocycles. The highest BCUT2D eigenvalue weighted by Crippen LogP contribution is 2.05. The normalized spacial score (nSPS) is 10.1. The number of hydrogen-bond acceptors (Lipinski definition) is 1. The number of nitrogens with zero attached hydrogens (tertiary/aromatic N) is 1. The van der Waals surface area contributed by atoms with Crippen molar-refractivity contribution in [2.45, 2.75) is 44.9 Å². The number of rotatable bonds is 8. The summed E-state index contributed by atoms with van der Waals surface area (Å²) in [5.41, 5.74) is 0. The fourth-order valence-electron chi connectivity index (χ4n) is 1.16. The van der Waals surface area contributed by atoms with Gasteiger partial charge >= 0.3 is 0 Å². The summed E-state index contributed by atoms with van der Waals surface area (Å²) in [7, 11) is 0. The van der Waals surface area contributed by atoms with E-state index in [9.17, 15) is 0 Å². The number of unbranched alkanes of at least 4 members (excludes halogenated alkanes) is 5. The third-order valence-corrected chi connectivity index (χ3v) is 1.90. The van der Waals surface area contributed by atoms with Gasteiger partial charge in [-0.3, -0.25) is 0 Å². The SMILES string of the molecule is C=CCCCCCCC=CCC#N. The molecule has 0 unspecified atom stereocenters. The van der Waals surface area contributed by atoms with Gasteiger partial charge in [-0.2, -0.15) is 5.26 Å². The van der Waals surface area contributed by atoms with Gasteiger partial charge in [0.15, 0.2) is 0 Å². The van der Waals surface area contributed by atoms with E-state index in [2.05, 4.69) is 18.7 Å². The Morgan fingerprint density at radius 2 is 1.69 bits per heavy atom. The van der Waals surface area contributed by atoms with Crippen LogP contribution in [0.3, 0.4) is 0 Å². The number of hydrogen-bond donors (Lipinski definition) is 0. The summed E-state index contributed by atoms with van der Waals surface area (Å²) in [6.45, 7) is 3.69. The Kier molecular flexibility index (Phi) is 10.1. The van der Waals surface area contributed by atoms with Gasteiger partial charge in [-0.1, -0.05) is 31.1 Å². The molecule has 0 radical (unpaired) electrons. The summed E-state index contributed by atoms with van der Waals surface area (Å²) >= 11 is 0. The van der Waals surface area contributed by atoms with Crippen LogP contribution in [0.1, 0.15) is 44.9 Å². The van der Waals surface area contributed by atoms with E-state index in [0.29, 0.717) is 6.42 Å². The summed E-state index contributed by atoms with van der Waals surface area (Å²) in [6.07, 6.45) is 14.0. The first-order valence-electron chi connectivity index (χ1n) is 5.04. The van der Waals surface area contributed by atoms with Gasteiger partial charge in [-0.15, -0.1) is 6.58 Å². The Bertz CT molecular complexity index is 174. The molecule has 0 aliphatic carbocycles. The summed E-state index contributed by atoms with van der Waals surface area (Å²) in [4.78, 5) is 0. The van der Waals surface area contributed by atoms with E-state index in [4.69, 9.17) is 5.26 Å². The largest absolute Gasteiger partial charge is 0.198 e. The highest BCUT2D eigenvalue weighted by atomic mass is 14.2. The Morgan fingerprint density at radius 3 is 2.31 bits per heavy atom. The molecule has 1 nitrogen and oxygen atoms in total. The quantitative estimate of drug-likeness (QED) is 0.406. The molecule has 1 heteroatoms. The molecule has 0 bridgehead atoms. The summed E-state index contributed by atoms with van der Waals surface area (Å²) in [6, 6.07) is 2.09. The maximum atomic E-state index is 8.26. The highest BCUT2D eigenvalue weighted by molar-refractivity contribution is 4.90. The average molecular weight is 177 g/mol. The van der Waals surface area contributed by atoms with Gasteiger partial charge < -0.3 is 0 Å². The van der Waals surface area contributed by atoms with Crippen molar-refractivity contribution >= 4 is 0 Å². The van der Waals surface area contributed by atoms with E-state index in [1.807, 2.05) is 12.2 Å². The predicted octanol–water partition coefficient (Wildman–Crippen LogP) is 3.98. The fourth-order valence-corrected chi connectivity index (χ4v) is 1.16. The molecule has 0 amide bonds. The van der Waals surface area contributed by atoms with Crippen molar-refractivity contribution in [3.8, 4) is 6.07 Å². The third kappa shape index (κ3) is 11.0. The molecule has 0 rings (SSSR count). The van der Waals surface area contributed by atoms with Crippen LogP contribution in [-0.2, 0) is 0 Å². The number of allylic oxidation sites excluding steroid dienone is 3. The van der Waals surface area contributed by atoms with Gasteiger partial charge in [0, 0.05) is 0 Å². The molecule has 72 valence electrons. The molecule has 0 aliphatic rings. The molecule has 0 atom stereocenters. The molecule has 0 aromatic carbocycles. The predicted molar refractivity (Wildman–Crippen MR) is 57.3 cm³/mol. The van der Waals surface area contributed by atoms with E-state index < -0.39 is 0 Å². The van der Waals surface area contributed by atoms with Crippen molar-refractivity contribution in [2.75, 3.05) is 0 Å². The molecule has 0 aromatic rings. The topological polar surface area (TPSA) is 23.8 Å². The van der Waals surface area contributed by atoms with Crippen molar-refractivity contribution in [1.29, 1.82) is 5.26 Å². The van der Waals surface area contributed by atoms with Crippen molar-refractivity contribution in [2.24, 2.45) is 0 Å². The minimum absolute atomic E-state index is 0.552. The Morgan fingerprint density at radius 1 is 1.00 bits per heavy atom. The molecule has 0 fully saturated rings. The van der Waals surface area contributed by atoms with Gasteiger partial charge in [0.25, 0.3) is 0 Å². The van der Waals surface area contributed by atoms with Crippen molar-refractivity contribution in [3.05, 3.63) is 24.8 Å². The third-order valence-electron chi connectivity index (χ3n) is 1.90. The Hall–Kier alpha value is -1.03. The Labute approximate surface area is 81.8 Å². The lowest BCUT2D eigenvalue weighted by Gasteiger charge is -1.95. The van der Waals surface area contributed by atoms with E-state index >= 15 is 0 Å². The van der Waals surface area contributed by atoms with Crippen LogP contribution in [-0.4, -0.2) is 0 Å². The van der Waals surface area contributed by atoms with Crippen LogP contribution in [0.2, 0.25) is 0 Å². The first-order chi connectivity index (χ1) is 6.41. The zero-order valence-electron chi connectivity index (χ0n) is 8.34. The minimum atomic E-state index is 0.552. The van der Waals surface area contributed by atoms with Crippen LogP contribution in [0.25, 0.3) is 0 Å². The van der Waals surface area contributed by atoms with Crippen LogP contribution < -0.4 is 0 Å². The van der Waals surface area contributed by atoms with Crippen LogP contribution in [0.4, 0.5) is 0 Å². The zero-order chi connectivity index (χ0) is 9.78. The van der Waals surface area contributed by atoms with E-state index in [-0.39, 0.29) is 0 Å². The van der Waals surface area contributed by atoms with Gasteiger partial charge in [0.05, 0.1) is 12.5 Å². The Balaban J connectivity index is 2.99. The number of nitriles is 1. The van der Waals surface area contributed by atoms with Gasteiger partial charge in [-0.25, -0.2) is 0 Å². The second-order valence-corrected chi connectivity index (χ2v) is 3.11. The fraction of sp³-hybridized carbons (Fsp3) is 0.583. The van der Waals surface area contributed by atoms with Gasteiger partial charge in [0.2, 0.25) is 0 Å². The molecule has 0 heterocycles. The van der Waals surface area contributed by atoms with Crippen molar-refractivity contribution < 1.29 is 0 Å². The van der Waals surface area contributed by atoms with Crippen LogP contribution >= 0.6 is 0 Å². The smallest absolute Gasteiger partial charge is 0.0663 e. The van der Waals surface area contributed by atoms with Gasteiger partial charge in [0.1, 0.15) is 0 Å². The molecular formula is C12H19N. The zero-order valence-corrected chi connectivity index (χ0v) is 8.34. The van der Waals surface area contributed by atoms with Crippen molar-refractivity contribution in [1.82, 2.24) is 0 Å². The maximum Gasteiger partial charge on any atom is 0.0663 e. The molecule has 0 saturated heterocycles. The lowest BCUT2D eigenvalue weighted by atomic mass is 10.1. The van der Waals surface area contributed by atoms with E-state index in [0.717, 1.165) is 12.8 Å². The molecule has 0 spiro atoms. The molecule has 0 saturated carbocycles. The summed E-state index contributed by atoms with van der Waals surface area (Å²) in [5, 5.41) is 8.26.